The van der Waals surface area contributed by atoms with E-state index in [1.54, 1.807) is 0 Å². The van der Waals surface area contributed by atoms with E-state index in [0.717, 1.165) is 17.1 Å². The minimum Gasteiger partial charge on any atom is -0.457 e. The SMILES string of the molecule is CCCCSCC(OC(C)=O)c1ccccc1. The van der Waals surface area contributed by atoms with Crippen molar-refractivity contribution < 1.29 is 9.53 Å². The lowest BCUT2D eigenvalue weighted by Crippen LogP contribution is -2.11. The van der Waals surface area contributed by atoms with Gasteiger partial charge in [-0.25, -0.2) is 0 Å². The molecule has 0 spiro atoms. The van der Waals surface area contributed by atoms with Crippen LogP contribution in [0.4, 0.5) is 0 Å². The summed E-state index contributed by atoms with van der Waals surface area (Å²) in [5.41, 5.74) is 1.08. The van der Waals surface area contributed by atoms with E-state index < -0.39 is 0 Å². The van der Waals surface area contributed by atoms with Crippen LogP contribution in [0.3, 0.4) is 0 Å². The van der Waals surface area contributed by atoms with Crippen LogP contribution in [0.2, 0.25) is 0 Å². The highest BCUT2D eigenvalue weighted by Gasteiger charge is 2.14. The molecule has 0 bridgehead atoms. The predicted octanol–water partition coefficient (Wildman–Crippen LogP) is 3.82. The molecule has 3 heteroatoms. The molecule has 0 fully saturated rings. The first-order valence-corrected chi connectivity index (χ1v) is 7.19. The average Bonchev–Trinajstić information content (AvgIpc) is 2.34. The number of unbranched alkanes of at least 4 members (excludes halogenated alkanes) is 1. The summed E-state index contributed by atoms with van der Waals surface area (Å²) in [6.45, 7) is 3.65. The summed E-state index contributed by atoms with van der Waals surface area (Å²) in [5.74, 6) is 1.75. The lowest BCUT2D eigenvalue weighted by atomic mass is 10.1. The molecule has 0 radical (unpaired) electrons. The topological polar surface area (TPSA) is 26.3 Å². The zero-order valence-corrected chi connectivity index (χ0v) is 11.3. The van der Waals surface area contributed by atoms with Gasteiger partial charge in [-0.1, -0.05) is 43.7 Å². The van der Waals surface area contributed by atoms with E-state index in [4.69, 9.17) is 4.74 Å². The Morgan fingerprint density at radius 3 is 2.65 bits per heavy atom. The van der Waals surface area contributed by atoms with Crippen LogP contribution in [0.5, 0.6) is 0 Å². The maximum absolute atomic E-state index is 11.1. The number of carbonyl (C=O) groups excluding carboxylic acids is 1. The second-order valence-corrected chi connectivity index (χ2v) is 5.09. The molecule has 1 rings (SSSR count). The highest BCUT2D eigenvalue weighted by atomic mass is 32.2. The molecule has 0 saturated carbocycles. The number of rotatable bonds is 7. The van der Waals surface area contributed by atoms with Crippen LogP contribution in [0.1, 0.15) is 38.4 Å². The molecule has 0 aliphatic carbocycles. The first kappa shape index (κ1) is 14.1. The van der Waals surface area contributed by atoms with Gasteiger partial charge in [0.25, 0.3) is 0 Å². The van der Waals surface area contributed by atoms with Crippen molar-refractivity contribution in [2.24, 2.45) is 0 Å². The fraction of sp³-hybridized carbons (Fsp3) is 0.500. The van der Waals surface area contributed by atoms with Crippen LogP contribution in [0.25, 0.3) is 0 Å². The molecule has 0 amide bonds. The molecule has 1 unspecified atom stereocenters. The molecule has 94 valence electrons. The molecule has 0 aliphatic heterocycles. The van der Waals surface area contributed by atoms with E-state index >= 15 is 0 Å². The average molecular weight is 252 g/mol. The zero-order valence-electron chi connectivity index (χ0n) is 10.5. The van der Waals surface area contributed by atoms with Gasteiger partial charge in [-0.2, -0.15) is 11.8 Å². The highest BCUT2D eigenvalue weighted by Crippen LogP contribution is 2.22. The first-order chi connectivity index (χ1) is 8.24. The highest BCUT2D eigenvalue weighted by molar-refractivity contribution is 7.99. The molecule has 0 aromatic heterocycles. The van der Waals surface area contributed by atoms with E-state index in [0.29, 0.717) is 0 Å². The number of thioether (sulfide) groups is 1. The maximum Gasteiger partial charge on any atom is 0.303 e. The minimum atomic E-state index is -0.213. The Labute approximate surface area is 108 Å². The summed E-state index contributed by atoms with van der Waals surface area (Å²) in [7, 11) is 0. The number of carbonyl (C=O) groups is 1. The monoisotopic (exact) mass is 252 g/mol. The van der Waals surface area contributed by atoms with E-state index in [1.165, 1.54) is 19.8 Å². The Kier molecular flexibility index (Phi) is 6.78. The largest absolute Gasteiger partial charge is 0.457 e. The summed E-state index contributed by atoms with van der Waals surface area (Å²) in [6, 6.07) is 9.94. The molecule has 0 saturated heterocycles. The molecule has 0 N–H and O–H groups in total. The van der Waals surface area contributed by atoms with Crippen LogP contribution in [0.15, 0.2) is 30.3 Å². The van der Waals surface area contributed by atoms with Gasteiger partial charge >= 0.3 is 5.97 Å². The van der Waals surface area contributed by atoms with Crippen molar-refractivity contribution in [3.63, 3.8) is 0 Å². The van der Waals surface area contributed by atoms with Crippen molar-refractivity contribution in [1.82, 2.24) is 0 Å². The van der Waals surface area contributed by atoms with Crippen LogP contribution in [-0.2, 0) is 9.53 Å². The van der Waals surface area contributed by atoms with Crippen molar-refractivity contribution >= 4 is 17.7 Å². The predicted molar refractivity (Wildman–Crippen MR) is 73.2 cm³/mol. The van der Waals surface area contributed by atoms with Gasteiger partial charge in [-0.15, -0.1) is 0 Å². The van der Waals surface area contributed by atoms with E-state index in [2.05, 4.69) is 6.92 Å². The summed E-state index contributed by atoms with van der Waals surface area (Å²) in [4.78, 5) is 11.1. The maximum atomic E-state index is 11.1. The number of ether oxygens (including phenoxy) is 1. The van der Waals surface area contributed by atoms with Crippen LogP contribution >= 0.6 is 11.8 Å². The number of hydrogen-bond acceptors (Lipinski definition) is 3. The van der Waals surface area contributed by atoms with Gasteiger partial charge in [0.15, 0.2) is 0 Å². The van der Waals surface area contributed by atoms with Gasteiger partial charge in [-0.05, 0) is 17.7 Å². The molecule has 17 heavy (non-hydrogen) atoms. The van der Waals surface area contributed by atoms with E-state index in [9.17, 15) is 4.79 Å². The summed E-state index contributed by atoms with van der Waals surface area (Å²) < 4.78 is 5.36. The lowest BCUT2D eigenvalue weighted by molar-refractivity contribution is -0.145. The quantitative estimate of drug-likeness (QED) is 0.545. The number of hydrogen-bond donors (Lipinski definition) is 0. The van der Waals surface area contributed by atoms with Crippen molar-refractivity contribution in [3.8, 4) is 0 Å². The normalized spacial score (nSPS) is 12.1. The molecular formula is C14H20O2S. The van der Waals surface area contributed by atoms with Crippen LogP contribution in [0, 0.1) is 0 Å². The third-order valence-electron chi connectivity index (χ3n) is 2.39. The Morgan fingerprint density at radius 2 is 2.06 bits per heavy atom. The van der Waals surface area contributed by atoms with Crippen molar-refractivity contribution in [3.05, 3.63) is 35.9 Å². The molecule has 0 aliphatic rings. The van der Waals surface area contributed by atoms with Crippen LogP contribution in [-0.4, -0.2) is 17.5 Å². The fourth-order valence-electron chi connectivity index (χ4n) is 1.50. The Hall–Kier alpha value is -0.960. The third kappa shape index (κ3) is 5.78. The molecule has 1 aromatic carbocycles. The fourth-order valence-corrected chi connectivity index (χ4v) is 2.64. The second-order valence-electron chi connectivity index (χ2n) is 3.94. The standard InChI is InChI=1S/C14H20O2S/c1-3-4-10-17-11-14(16-12(2)15)13-8-6-5-7-9-13/h5-9,14H,3-4,10-11H2,1-2H3. The summed E-state index contributed by atoms with van der Waals surface area (Å²) >= 11 is 1.85. The Balaban J connectivity index is 2.52. The first-order valence-electron chi connectivity index (χ1n) is 6.04. The van der Waals surface area contributed by atoms with Gasteiger partial charge in [-0.3, -0.25) is 4.79 Å². The molecule has 1 atom stereocenters. The molecule has 0 heterocycles. The van der Waals surface area contributed by atoms with E-state index in [1.807, 2.05) is 42.1 Å². The van der Waals surface area contributed by atoms with Crippen molar-refractivity contribution in [2.45, 2.75) is 32.8 Å². The van der Waals surface area contributed by atoms with Gasteiger partial charge in [0.2, 0.25) is 0 Å². The lowest BCUT2D eigenvalue weighted by Gasteiger charge is -2.17. The van der Waals surface area contributed by atoms with E-state index in [-0.39, 0.29) is 12.1 Å². The second kappa shape index (κ2) is 8.18. The van der Waals surface area contributed by atoms with Crippen molar-refractivity contribution in [2.75, 3.05) is 11.5 Å². The van der Waals surface area contributed by atoms with Crippen LogP contribution < -0.4 is 0 Å². The third-order valence-corrected chi connectivity index (χ3v) is 3.51. The number of esters is 1. The van der Waals surface area contributed by atoms with Gasteiger partial charge in [0.05, 0.1) is 0 Å². The van der Waals surface area contributed by atoms with Gasteiger partial charge in [0, 0.05) is 12.7 Å². The van der Waals surface area contributed by atoms with Gasteiger partial charge in [0.1, 0.15) is 6.10 Å². The Bertz CT molecular complexity index is 324. The van der Waals surface area contributed by atoms with Crippen molar-refractivity contribution in [1.29, 1.82) is 0 Å². The molecular weight excluding hydrogens is 232 g/mol. The minimum absolute atomic E-state index is 0.115. The molecule has 2 nitrogen and oxygen atoms in total. The van der Waals surface area contributed by atoms with Gasteiger partial charge < -0.3 is 4.74 Å². The zero-order chi connectivity index (χ0) is 12.5. The summed E-state index contributed by atoms with van der Waals surface area (Å²) in [5, 5.41) is 0. The Morgan fingerprint density at radius 1 is 1.35 bits per heavy atom. The number of benzene rings is 1. The summed E-state index contributed by atoms with van der Waals surface area (Å²) in [6.07, 6.45) is 2.30. The molecule has 1 aromatic rings. The smallest absolute Gasteiger partial charge is 0.303 e.